The number of thioether (sulfide) groups is 1. The van der Waals surface area contributed by atoms with Crippen molar-refractivity contribution in [2.45, 2.75) is 5.37 Å². The second-order valence-corrected chi connectivity index (χ2v) is 6.46. The van der Waals surface area contributed by atoms with Gasteiger partial charge in [0, 0.05) is 18.4 Å². The van der Waals surface area contributed by atoms with Gasteiger partial charge < -0.3 is 9.64 Å². The highest BCUT2D eigenvalue weighted by Crippen LogP contribution is 2.37. The van der Waals surface area contributed by atoms with Gasteiger partial charge in [-0.1, -0.05) is 42.5 Å². The van der Waals surface area contributed by atoms with Crippen molar-refractivity contribution in [2.24, 2.45) is 0 Å². The minimum atomic E-state index is 0.0553. The third-order valence-electron chi connectivity index (χ3n) is 3.79. The van der Waals surface area contributed by atoms with Crippen LogP contribution in [-0.4, -0.2) is 30.2 Å². The van der Waals surface area contributed by atoms with Crippen molar-refractivity contribution in [3.63, 3.8) is 0 Å². The van der Waals surface area contributed by atoms with Gasteiger partial charge in [-0.2, -0.15) is 0 Å². The van der Waals surface area contributed by atoms with Crippen LogP contribution in [0.1, 0.15) is 16.5 Å². The zero-order chi connectivity index (χ0) is 16.1. The third-order valence-corrected chi connectivity index (χ3v) is 5.05. The fourth-order valence-electron chi connectivity index (χ4n) is 2.57. The van der Waals surface area contributed by atoms with Gasteiger partial charge in [0.25, 0.3) is 0 Å². The molecule has 2 aromatic carbocycles. The highest BCUT2D eigenvalue weighted by molar-refractivity contribution is 7.99. The number of carbonyl (C=O) groups excluding carboxylic acids is 1. The molecule has 0 spiro atoms. The van der Waals surface area contributed by atoms with Crippen molar-refractivity contribution >= 4 is 23.7 Å². The molecule has 2 aromatic rings. The molecule has 1 atom stereocenters. The maximum Gasteiger partial charge on any atom is 0.247 e. The molecule has 1 fully saturated rings. The van der Waals surface area contributed by atoms with Gasteiger partial charge in [0.2, 0.25) is 5.91 Å². The predicted octanol–water partition coefficient (Wildman–Crippen LogP) is 3.98. The highest BCUT2D eigenvalue weighted by Gasteiger charge is 2.29. The van der Waals surface area contributed by atoms with E-state index in [4.69, 9.17) is 4.74 Å². The number of methoxy groups -OCH3 is 1. The number of nitrogens with zero attached hydrogens (tertiary/aromatic N) is 1. The quantitative estimate of drug-likeness (QED) is 0.796. The largest absolute Gasteiger partial charge is 0.497 e. The fourth-order valence-corrected chi connectivity index (χ4v) is 3.83. The summed E-state index contributed by atoms with van der Waals surface area (Å²) in [7, 11) is 1.64. The lowest BCUT2D eigenvalue weighted by Gasteiger charge is -2.22. The first-order chi connectivity index (χ1) is 11.3. The van der Waals surface area contributed by atoms with Crippen LogP contribution in [0.5, 0.6) is 5.75 Å². The number of benzene rings is 2. The Labute approximate surface area is 141 Å². The lowest BCUT2D eigenvalue weighted by atomic mass is 10.2. The minimum absolute atomic E-state index is 0.0553. The molecular weight excluding hydrogens is 306 g/mol. The number of hydrogen-bond donors (Lipinski definition) is 0. The maximum absolute atomic E-state index is 12.5. The van der Waals surface area contributed by atoms with Crippen LogP contribution < -0.4 is 4.74 Å². The average Bonchev–Trinajstić information content (AvgIpc) is 3.11. The summed E-state index contributed by atoms with van der Waals surface area (Å²) in [4.78, 5) is 14.5. The zero-order valence-electron chi connectivity index (χ0n) is 13.0. The van der Waals surface area contributed by atoms with Crippen LogP contribution in [0, 0.1) is 0 Å². The minimum Gasteiger partial charge on any atom is -0.497 e. The van der Waals surface area contributed by atoms with Crippen molar-refractivity contribution in [3.05, 3.63) is 71.8 Å². The molecule has 3 nitrogen and oxygen atoms in total. The molecule has 118 valence electrons. The number of carbonyl (C=O) groups is 1. The molecular formula is C19H19NO2S. The Morgan fingerprint density at radius 3 is 2.61 bits per heavy atom. The molecule has 1 unspecified atom stereocenters. The van der Waals surface area contributed by atoms with Crippen molar-refractivity contribution in [3.8, 4) is 5.75 Å². The highest BCUT2D eigenvalue weighted by atomic mass is 32.2. The van der Waals surface area contributed by atoms with Crippen molar-refractivity contribution in [1.82, 2.24) is 4.90 Å². The van der Waals surface area contributed by atoms with Crippen LogP contribution in [0.3, 0.4) is 0 Å². The Morgan fingerprint density at radius 1 is 1.17 bits per heavy atom. The van der Waals surface area contributed by atoms with Crippen LogP contribution in [0.2, 0.25) is 0 Å². The number of ether oxygens (including phenoxy) is 1. The normalized spacial score (nSPS) is 17.6. The molecule has 1 amide bonds. The van der Waals surface area contributed by atoms with Crippen LogP contribution in [0.4, 0.5) is 0 Å². The molecule has 0 aromatic heterocycles. The molecule has 0 bridgehead atoms. The van der Waals surface area contributed by atoms with Crippen LogP contribution in [-0.2, 0) is 4.79 Å². The van der Waals surface area contributed by atoms with Gasteiger partial charge in [-0.05, 0) is 29.3 Å². The monoisotopic (exact) mass is 325 g/mol. The summed E-state index contributed by atoms with van der Waals surface area (Å²) in [5.41, 5.74) is 2.17. The molecule has 0 aliphatic carbocycles. The lowest BCUT2D eigenvalue weighted by Crippen LogP contribution is -2.28. The molecule has 23 heavy (non-hydrogen) atoms. The van der Waals surface area contributed by atoms with Crippen molar-refractivity contribution in [2.75, 3.05) is 19.4 Å². The van der Waals surface area contributed by atoms with Gasteiger partial charge in [-0.3, -0.25) is 4.79 Å². The van der Waals surface area contributed by atoms with E-state index in [9.17, 15) is 4.79 Å². The van der Waals surface area contributed by atoms with Crippen LogP contribution in [0.15, 0.2) is 60.7 Å². The summed E-state index contributed by atoms with van der Waals surface area (Å²) in [6, 6.07) is 17.9. The topological polar surface area (TPSA) is 29.5 Å². The van der Waals surface area contributed by atoms with E-state index in [0.29, 0.717) is 0 Å². The van der Waals surface area contributed by atoms with E-state index in [2.05, 4.69) is 12.1 Å². The summed E-state index contributed by atoms with van der Waals surface area (Å²) >= 11 is 1.81. The lowest BCUT2D eigenvalue weighted by molar-refractivity contribution is -0.126. The molecule has 4 heteroatoms. The molecule has 0 N–H and O–H groups in total. The summed E-state index contributed by atoms with van der Waals surface area (Å²) in [5, 5.41) is 0.115. The molecule has 0 radical (unpaired) electrons. The van der Waals surface area contributed by atoms with Gasteiger partial charge >= 0.3 is 0 Å². The molecule has 1 heterocycles. The summed E-state index contributed by atoms with van der Waals surface area (Å²) in [6.45, 7) is 0.788. The summed E-state index contributed by atoms with van der Waals surface area (Å²) in [5.74, 6) is 1.84. The maximum atomic E-state index is 12.5. The van der Waals surface area contributed by atoms with E-state index in [1.165, 1.54) is 5.56 Å². The molecule has 0 saturated carbocycles. The van der Waals surface area contributed by atoms with E-state index >= 15 is 0 Å². The van der Waals surface area contributed by atoms with Gasteiger partial charge in [0.1, 0.15) is 11.1 Å². The standard InChI is InChI=1S/C19H19NO2S/c1-22-17-10-7-15(8-11-17)9-12-18(21)20-13-14-23-19(20)16-5-3-2-4-6-16/h2-12,19H,13-14H2,1H3/b12-9+. The predicted molar refractivity (Wildman–Crippen MR) is 95.4 cm³/mol. The van der Waals surface area contributed by atoms with Crippen molar-refractivity contribution < 1.29 is 9.53 Å². The number of amides is 1. The summed E-state index contributed by atoms with van der Waals surface area (Å²) < 4.78 is 5.14. The first kappa shape index (κ1) is 15.7. The van der Waals surface area contributed by atoms with Gasteiger partial charge in [-0.15, -0.1) is 11.8 Å². The van der Waals surface area contributed by atoms with Crippen LogP contribution >= 0.6 is 11.8 Å². The molecule has 3 rings (SSSR count). The second-order valence-electron chi connectivity index (χ2n) is 5.27. The second kappa shape index (κ2) is 7.38. The first-order valence-electron chi connectivity index (χ1n) is 7.57. The van der Waals surface area contributed by atoms with Gasteiger partial charge in [0.15, 0.2) is 0 Å². The van der Waals surface area contributed by atoms with E-state index in [0.717, 1.165) is 23.6 Å². The average molecular weight is 325 g/mol. The summed E-state index contributed by atoms with van der Waals surface area (Å²) in [6.07, 6.45) is 3.51. The Balaban J connectivity index is 1.70. The van der Waals surface area contributed by atoms with Gasteiger partial charge in [-0.25, -0.2) is 0 Å². The fraction of sp³-hybridized carbons (Fsp3) is 0.211. The Hall–Kier alpha value is -2.20. The Morgan fingerprint density at radius 2 is 1.91 bits per heavy atom. The molecule has 1 aliphatic rings. The smallest absolute Gasteiger partial charge is 0.247 e. The van der Waals surface area contributed by atoms with Gasteiger partial charge in [0.05, 0.1) is 7.11 Å². The Bertz CT molecular complexity index is 682. The first-order valence-corrected chi connectivity index (χ1v) is 8.62. The molecule has 1 aliphatic heterocycles. The third kappa shape index (κ3) is 3.77. The Kier molecular flexibility index (Phi) is 5.03. The van der Waals surface area contributed by atoms with E-state index in [1.54, 1.807) is 13.2 Å². The molecule has 1 saturated heterocycles. The zero-order valence-corrected chi connectivity index (χ0v) is 13.8. The van der Waals surface area contributed by atoms with Crippen LogP contribution in [0.25, 0.3) is 6.08 Å². The number of rotatable bonds is 4. The van der Waals surface area contributed by atoms with Crippen molar-refractivity contribution in [1.29, 1.82) is 0 Å². The number of hydrogen-bond acceptors (Lipinski definition) is 3. The van der Waals surface area contributed by atoms with E-state index in [-0.39, 0.29) is 11.3 Å². The SMILES string of the molecule is COc1ccc(/C=C/C(=O)N2CCSC2c2ccccc2)cc1. The van der Waals surface area contributed by atoms with E-state index in [1.807, 2.05) is 65.2 Å². The van der Waals surface area contributed by atoms with E-state index < -0.39 is 0 Å².